The van der Waals surface area contributed by atoms with Crippen molar-refractivity contribution in [2.75, 3.05) is 20.4 Å². The minimum atomic E-state index is -0.566. The molecule has 0 bridgehead atoms. The first-order chi connectivity index (χ1) is 14.2. The molecule has 0 saturated heterocycles. The van der Waals surface area contributed by atoms with Gasteiger partial charge in [0.25, 0.3) is 0 Å². The molecule has 5 heteroatoms. The maximum absolute atomic E-state index is 10.8. The lowest BCUT2D eigenvalue weighted by Crippen LogP contribution is -2.28. The van der Waals surface area contributed by atoms with Gasteiger partial charge in [0.05, 0.1) is 13.2 Å². The van der Waals surface area contributed by atoms with Gasteiger partial charge in [-0.25, -0.2) is 0 Å². The normalized spacial score (nSPS) is 13.5. The quantitative estimate of drug-likeness (QED) is 0.625. The van der Waals surface area contributed by atoms with Crippen LogP contribution in [0.25, 0.3) is 0 Å². The summed E-state index contributed by atoms with van der Waals surface area (Å²) in [6.45, 7) is 2.18. The first-order valence-corrected chi connectivity index (χ1v) is 9.68. The number of rotatable bonds is 8. The Kier molecular flexibility index (Phi) is 5.98. The zero-order valence-corrected chi connectivity index (χ0v) is 16.5. The van der Waals surface area contributed by atoms with Gasteiger partial charge >= 0.3 is 0 Å². The summed E-state index contributed by atoms with van der Waals surface area (Å²) in [6.07, 6.45) is -0.566. The lowest BCUT2D eigenvalue weighted by molar-refractivity contribution is 0.105. The standard InChI is InChI=1S/C24H25NO4/c1-27-21-10-7-18(8-11-21)14-25(16-22(26)20-5-3-2-4-6-20)15-19-9-12-23-24(13-19)29-17-28-23/h2-13,22,26H,14-17H2,1H3. The lowest BCUT2D eigenvalue weighted by Gasteiger charge is -2.26. The van der Waals surface area contributed by atoms with Crippen molar-refractivity contribution in [3.63, 3.8) is 0 Å². The van der Waals surface area contributed by atoms with Crippen molar-refractivity contribution in [2.45, 2.75) is 19.2 Å². The van der Waals surface area contributed by atoms with Crippen molar-refractivity contribution in [3.05, 3.63) is 89.5 Å². The number of methoxy groups -OCH3 is 1. The number of ether oxygens (including phenoxy) is 3. The SMILES string of the molecule is COc1ccc(CN(Cc2ccc3c(c2)OCO3)CC(O)c2ccccc2)cc1. The molecule has 4 rings (SSSR count). The maximum atomic E-state index is 10.8. The van der Waals surface area contributed by atoms with Gasteiger partial charge in [-0.3, -0.25) is 4.90 Å². The lowest BCUT2D eigenvalue weighted by atomic mass is 10.1. The summed E-state index contributed by atoms with van der Waals surface area (Å²) in [4.78, 5) is 2.23. The van der Waals surface area contributed by atoms with Crippen LogP contribution < -0.4 is 14.2 Å². The number of hydrogen-bond donors (Lipinski definition) is 1. The highest BCUT2D eigenvalue weighted by Crippen LogP contribution is 2.33. The first kappa shape index (κ1) is 19.3. The zero-order chi connectivity index (χ0) is 20.1. The van der Waals surface area contributed by atoms with Gasteiger partial charge in [-0.05, 0) is 41.0 Å². The van der Waals surface area contributed by atoms with E-state index >= 15 is 0 Å². The molecule has 0 saturated carbocycles. The molecule has 5 nitrogen and oxygen atoms in total. The highest BCUT2D eigenvalue weighted by Gasteiger charge is 2.17. The third-order valence-electron chi connectivity index (χ3n) is 5.02. The molecule has 1 N–H and O–H groups in total. The molecule has 150 valence electrons. The number of aliphatic hydroxyl groups is 1. The molecule has 1 aliphatic rings. The summed E-state index contributed by atoms with van der Waals surface area (Å²) in [6, 6.07) is 23.8. The fourth-order valence-corrected chi connectivity index (χ4v) is 3.50. The van der Waals surface area contributed by atoms with E-state index in [1.54, 1.807) is 7.11 Å². The molecule has 0 fully saturated rings. The minimum Gasteiger partial charge on any atom is -0.497 e. The van der Waals surface area contributed by atoms with Gasteiger partial charge in [0.2, 0.25) is 6.79 Å². The van der Waals surface area contributed by atoms with E-state index in [4.69, 9.17) is 14.2 Å². The Balaban J connectivity index is 1.52. The summed E-state index contributed by atoms with van der Waals surface area (Å²) in [7, 11) is 1.66. The molecule has 1 heterocycles. The molecular formula is C24H25NO4. The van der Waals surface area contributed by atoms with Crippen LogP contribution in [0.15, 0.2) is 72.8 Å². The highest BCUT2D eigenvalue weighted by molar-refractivity contribution is 5.44. The Morgan fingerprint density at radius 2 is 1.59 bits per heavy atom. The van der Waals surface area contributed by atoms with Crippen molar-refractivity contribution >= 4 is 0 Å². The Hall–Kier alpha value is -3.02. The van der Waals surface area contributed by atoms with Gasteiger partial charge in [0, 0.05) is 19.6 Å². The average molecular weight is 391 g/mol. The summed E-state index contributed by atoms with van der Waals surface area (Å²) >= 11 is 0. The molecule has 3 aromatic carbocycles. The number of nitrogens with zero attached hydrogens (tertiary/aromatic N) is 1. The summed E-state index contributed by atoms with van der Waals surface area (Å²) in [5.74, 6) is 2.38. The zero-order valence-electron chi connectivity index (χ0n) is 16.5. The van der Waals surface area contributed by atoms with Gasteiger partial charge in [-0.1, -0.05) is 48.5 Å². The predicted molar refractivity (Wildman–Crippen MR) is 111 cm³/mol. The third-order valence-corrected chi connectivity index (χ3v) is 5.02. The summed E-state index contributed by atoms with van der Waals surface area (Å²) in [5, 5.41) is 10.8. The summed E-state index contributed by atoms with van der Waals surface area (Å²) in [5.41, 5.74) is 3.19. The van der Waals surface area contributed by atoms with Crippen molar-refractivity contribution in [3.8, 4) is 17.2 Å². The topological polar surface area (TPSA) is 51.2 Å². The molecule has 3 aromatic rings. The molecule has 0 aliphatic carbocycles. The Labute approximate surface area is 171 Å². The van der Waals surface area contributed by atoms with Gasteiger partial charge in [0.1, 0.15) is 5.75 Å². The number of benzene rings is 3. The Bertz CT molecular complexity index is 927. The van der Waals surface area contributed by atoms with Crippen molar-refractivity contribution in [2.24, 2.45) is 0 Å². The number of hydrogen-bond acceptors (Lipinski definition) is 5. The number of aliphatic hydroxyl groups excluding tert-OH is 1. The Morgan fingerprint density at radius 1 is 0.897 bits per heavy atom. The molecule has 1 unspecified atom stereocenters. The monoisotopic (exact) mass is 391 g/mol. The molecule has 1 atom stereocenters. The van der Waals surface area contributed by atoms with Crippen LogP contribution in [0.3, 0.4) is 0 Å². The van der Waals surface area contributed by atoms with Crippen LogP contribution in [0.2, 0.25) is 0 Å². The second-order valence-electron chi connectivity index (χ2n) is 7.13. The molecule has 1 aliphatic heterocycles. The average Bonchev–Trinajstić information content (AvgIpc) is 3.23. The van der Waals surface area contributed by atoms with Crippen LogP contribution in [-0.2, 0) is 13.1 Å². The second-order valence-corrected chi connectivity index (χ2v) is 7.13. The van der Waals surface area contributed by atoms with E-state index in [2.05, 4.69) is 17.0 Å². The van der Waals surface area contributed by atoms with Crippen molar-refractivity contribution in [1.82, 2.24) is 4.90 Å². The van der Waals surface area contributed by atoms with E-state index in [-0.39, 0.29) is 6.79 Å². The van der Waals surface area contributed by atoms with Crippen LogP contribution in [0.1, 0.15) is 22.8 Å². The van der Waals surface area contributed by atoms with Crippen LogP contribution in [0.5, 0.6) is 17.2 Å². The van der Waals surface area contributed by atoms with E-state index in [1.165, 1.54) is 0 Å². The van der Waals surface area contributed by atoms with Gasteiger partial charge in [-0.2, -0.15) is 0 Å². The smallest absolute Gasteiger partial charge is 0.231 e. The second kappa shape index (κ2) is 8.99. The molecule has 29 heavy (non-hydrogen) atoms. The van der Waals surface area contributed by atoms with Crippen LogP contribution in [-0.4, -0.2) is 30.5 Å². The van der Waals surface area contributed by atoms with E-state index in [0.717, 1.165) is 33.9 Å². The molecule has 0 spiro atoms. The minimum absolute atomic E-state index is 0.265. The summed E-state index contributed by atoms with van der Waals surface area (Å²) < 4.78 is 16.2. The van der Waals surface area contributed by atoms with Crippen LogP contribution in [0.4, 0.5) is 0 Å². The first-order valence-electron chi connectivity index (χ1n) is 9.68. The molecule has 0 aromatic heterocycles. The molecule has 0 radical (unpaired) electrons. The van der Waals surface area contributed by atoms with Crippen LogP contribution >= 0.6 is 0 Å². The third kappa shape index (κ3) is 4.88. The highest BCUT2D eigenvalue weighted by atomic mass is 16.7. The van der Waals surface area contributed by atoms with Gasteiger partial charge in [-0.15, -0.1) is 0 Å². The van der Waals surface area contributed by atoms with Crippen molar-refractivity contribution in [1.29, 1.82) is 0 Å². The molecular weight excluding hydrogens is 366 g/mol. The maximum Gasteiger partial charge on any atom is 0.231 e. The van der Waals surface area contributed by atoms with Gasteiger partial charge in [0.15, 0.2) is 11.5 Å². The predicted octanol–water partition coefficient (Wildman–Crippen LogP) is 4.16. The largest absolute Gasteiger partial charge is 0.497 e. The van der Waals surface area contributed by atoms with E-state index in [9.17, 15) is 5.11 Å². The number of fused-ring (bicyclic) bond motifs is 1. The van der Waals surface area contributed by atoms with Gasteiger partial charge < -0.3 is 19.3 Å². The Morgan fingerprint density at radius 3 is 2.34 bits per heavy atom. The van der Waals surface area contributed by atoms with Crippen molar-refractivity contribution < 1.29 is 19.3 Å². The van der Waals surface area contributed by atoms with E-state index in [1.807, 2.05) is 60.7 Å². The van der Waals surface area contributed by atoms with E-state index < -0.39 is 6.10 Å². The fraction of sp³-hybridized carbons (Fsp3) is 0.250. The van der Waals surface area contributed by atoms with E-state index in [0.29, 0.717) is 19.6 Å². The molecule has 0 amide bonds. The van der Waals surface area contributed by atoms with Crippen LogP contribution in [0, 0.1) is 0 Å². The fourth-order valence-electron chi connectivity index (χ4n) is 3.50.